The Morgan fingerprint density at radius 2 is 1.54 bits per heavy atom. The summed E-state index contributed by atoms with van der Waals surface area (Å²) in [6, 6.07) is 15.1. The first-order chi connectivity index (χ1) is 6.20. The summed E-state index contributed by atoms with van der Waals surface area (Å²) in [7, 11) is -0.938. The van der Waals surface area contributed by atoms with Gasteiger partial charge in [0.1, 0.15) is 0 Å². The molecule has 0 spiro atoms. The Labute approximate surface area is 83.0 Å². The summed E-state index contributed by atoms with van der Waals surface area (Å²) >= 11 is 0. The summed E-state index contributed by atoms with van der Waals surface area (Å²) < 4.78 is 0. The summed E-state index contributed by atoms with van der Waals surface area (Å²) in [4.78, 5) is 0. The van der Waals surface area contributed by atoms with E-state index in [1.54, 1.807) is 0 Å². The lowest BCUT2D eigenvalue weighted by Gasteiger charge is -2.24. The van der Waals surface area contributed by atoms with Gasteiger partial charge >= 0.3 is 0 Å². The van der Waals surface area contributed by atoms with E-state index < -0.39 is 8.07 Å². The molecule has 0 saturated heterocycles. The minimum atomic E-state index is -0.938. The molecule has 1 aromatic rings. The average molecular weight is 192 g/mol. The molecule has 1 aromatic carbocycles. The summed E-state index contributed by atoms with van der Waals surface area (Å²) in [5, 5.41) is 0. The van der Waals surface area contributed by atoms with Crippen LogP contribution in [0.15, 0.2) is 30.3 Å². The molecule has 0 aliphatic carbocycles. The van der Waals surface area contributed by atoms with Gasteiger partial charge in [0.25, 0.3) is 0 Å². The highest BCUT2D eigenvalue weighted by atomic mass is 28.3. The smallest absolute Gasteiger partial charge is 0.0543 e. The van der Waals surface area contributed by atoms with Gasteiger partial charge in [0.2, 0.25) is 0 Å². The Bertz CT molecular complexity index is 237. The Hall–Kier alpha value is -0.563. The van der Waals surface area contributed by atoms with Crippen molar-refractivity contribution >= 4 is 8.07 Å². The molecule has 0 fully saturated rings. The summed E-state index contributed by atoms with van der Waals surface area (Å²) in [6.45, 7) is 7.21. The summed E-state index contributed by atoms with van der Waals surface area (Å²) in [6.07, 6.45) is 0. The van der Waals surface area contributed by atoms with Crippen molar-refractivity contribution in [3.63, 3.8) is 0 Å². The Morgan fingerprint density at radius 1 is 1.00 bits per heavy atom. The van der Waals surface area contributed by atoms with Crippen LogP contribution in [0, 0.1) is 0 Å². The minimum Gasteiger partial charge on any atom is -0.0689 e. The fourth-order valence-electron chi connectivity index (χ4n) is 1.59. The number of benzene rings is 1. The van der Waals surface area contributed by atoms with Gasteiger partial charge in [-0.15, -0.1) is 0 Å². The molecule has 0 unspecified atom stereocenters. The fraction of sp³-hybridized carbons (Fsp3) is 0.500. The van der Waals surface area contributed by atoms with Crippen LogP contribution in [0.3, 0.4) is 0 Å². The van der Waals surface area contributed by atoms with Crippen LogP contribution in [0.5, 0.6) is 0 Å². The van der Waals surface area contributed by atoms with Crippen molar-refractivity contribution in [1.29, 1.82) is 0 Å². The Morgan fingerprint density at radius 3 is 2.00 bits per heavy atom. The second-order valence-corrected chi connectivity index (χ2v) is 9.57. The molecule has 1 rings (SSSR count). The van der Waals surface area contributed by atoms with Crippen molar-refractivity contribution in [3.8, 4) is 0 Å². The normalized spacial score (nSPS) is 11.6. The molecule has 13 heavy (non-hydrogen) atoms. The maximum Gasteiger partial charge on any atom is 0.0543 e. The lowest BCUT2D eigenvalue weighted by Crippen LogP contribution is -2.31. The predicted molar refractivity (Wildman–Crippen MR) is 62.7 cm³/mol. The van der Waals surface area contributed by atoms with Crippen LogP contribution in [0.1, 0.15) is 19.4 Å². The van der Waals surface area contributed by atoms with Crippen LogP contribution >= 0.6 is 0 Å². The van der Waals surface area contributed by atoms with Crippen molar-refractivity contribution in [3.05, 3.63) is 35.9 Å². The van der Waals surface area contributed by atoms with E-state index >= 15 is 0 Å². The van der Waals surface area contributed by atoms with Crippen LogP contribution in [0.2, 0.25) is 18.6 Å². The van der Waals surface area contributed by atoms with Gasteiger partial charge in [-0.2, -0.15) is 0 Å². The molecule has 0 heterocycles. The van der Waals surface area contributed by atoms with Gasteiger partial charge in [0, 0.05) is 0 Å². The van der Waals surface area contributed by atoms with Crippen LogP contribution in [0.25, 0.3) is 0 Å². The van der Waals surface area contributed by atoms with Gasteiger partial charge in [0.15, 0.2) is 0 Å². The first-order valence-corrected chi connectivity index (χ1v) is 8.36. The third kappa shape index (κ3) is 3.00. The van der Waals surface area contributed by atoms with Crippen molar-refractivity contribution in [2.45, 2.75) is 38.5 Å². The molecular formula is C12H20Si. The van der Waals surface area contributed by atoms with E-state index in [4.69, 9.17) is 0 Å². The molecule has 0 amide bonds. The zero-order valence-corrected chi connectivity index (χ0v) is 10.0. The van der Waals surface area contributed by atoms with Crippen LogP contribution in [-0.2, 0) is 6.04 Å². The third-order valence-corrected chi connectivity index (χ3v) is 7.86. The van der Waals surface area contributed by atoms with E-state index in [-0.39, 0.29) is 0 Å². The van der Waals surface area contributed by atoms with Gasteiger partial charge in [0.05, 0.1) is 8.07 Å². The quantitative estimate of drug-likeness (QED) is 0.635. The maximum absolute atomic E-state index is 2.51. The molecule has 0 N–H and O–H groups in total. The fourth-order valence-corrected chi connectivity index (χ4v) is 3.81. The van der Waals surface area contributed by atoms with E-state index in [0.717, 1.165) is 0 Å². The van der Waals surface area contributed by atoms with Crippen molar-refractivity contribution in [2.24, 2.45) is 0 Å². The molecule has 0 nitrogen and oxygen atoms in total. The zero-order chi connectivity index (χ0) is 9.73. The number of hydrogen-bond donors (Lipinski definition) is 0. The Kier molecular flexibility index (Phi) is 3.73. The molecule has 0 radical (unpaired) electrons. The lowest BCUT2D eigenvalue weighted by atomic mass is 10.2. The van der Waals surface area contributed by atoms with E-state index in [0.29, 0.717) is 0 Å². The third-order valence-electron chi connectivity index (χ3n) is 3.18. The van der Waals surface area contributed by atoms with Gasteiger partial charge < -0.3 is 0 Å². The van der Waals surface area contributed by atoms with E-state index in [1.807, 2.05) is 0 Å². The zero-order valence-electron chi connectivity index (χ0n) is 9.01. The molecule has 72 valence electrons. The predicted octanol–water partition coefficient (Wildman–Crippen LogP) is 3.89. The summed E-state index contributed by atoms with van der Waals surface area (Å²) in [5.74, 6) is 0. The van der Waals surface area contributed by atoms with Gasteiger partial charge in [-0.1, -0.05) is 68.4 Å². The standard InChI is InChI=1S/C12H20Si/c1-4-13(3,5-2)11-12-9-7-6-8-10-12/h6-10H,4-5,11H2,1-3H3. The van der Waals surface area contributed by atoms with Gasteiger partial charge in [-0.25, -0.2) is 0 Å². The first kappa shape index (κ1) is 10.5. The van der Waals surface area contributed by atoms with Crippen molar-refractivity contribution < 1.29 is 0 Å². The van der Waals surface area contributed by atoms with E-state index in [1.165, 1.54) is 23.7 Å². The molecule has 0 aromatic heterocycles. The van der Waals surface area contributed by atoms with Gasteiger partial charge in [-0.05, 0) is 6.04 Å². The highest BCUT2D eigenvalue weighted by Gasteiger charge is 2.22. The highest BCUT2D eigenvalue weighted by Crippen LogP contribution is 2.20. The van der Waals surface area contributed by atoms with Crippen LogP contribution in [-0.4, -0.2) is 8.07 Å². The van der Waals surface area contributed by atoms with Gasteiger partial charge in [-0.3, -0.25) is 0 Å². The molecule has 0 saturated carbocycles. The average Bonchev–Trinajstić information content (AvgIpc) is 2.19. The maximum atomic E-state index is 2.51. The molecular weight excluding hydrogens is 172 g/mol. The molecule has 0 aliphatic rings. The van der Waals surface area contributed by atoms with E-state index in [2.05, 4.69) is 50.7 Å². The SMILES string of the molecule is CC[Si](C)(CC)Cc1ccccc1. The second kappa shape index (κ2) is 4.61. The Balaban J connectivity index is 2.68. The molecule has 0 aliphatic heterocycles. The largest absolute Gasteiger partial charge is 0.0689 e. The van der Waals surface area contributed by atoms with E-state index in [9.17, 15) is 0 Å². The number of rotatable bonds is 4. The second-order valence-electron chi connectivity index (χ2n) is 4.18. The highest BCUT2D eigenvalue weighted by molar-refractivity contribution is 6.77. The van der Waals surface area contributed by atoms with Crippen LogP contribution in [0.4, 0.5) is 0 Å². The van der Waals surface area contributed by atoms with Crippen LogP contribution < -0.4 is 0 Å². The summed E-state index contributed by atoms with van der Waals surface area (Å²) in [5.41, 5.74) is 1.53. The molecule has 0 atom stereocenters. The minimum absolute atomic E-state index is 0.938. The van der Waals surface area contributed by atoms with Crippen molar-refractivity contribution in [1.82, 2.24) is 0 Å². The molecule has 0 bridgehead atoms. The lowest BCUT2D eigenvalue weighted by molar-refractivity contribution is 1.16. The monoisotopic (exact) mass is 192 g/mol. The molecule has 1 heteroatoms. The first-order valence-electron chi connectivity index (χ1n) is 5.24. The van der Waals surface area contributed by atoms with Crippen molar-refractivity contribution in [2.75, 3.05) is 0 Å². The topological polar surface area (TPSA) is 0 Å². The number of hydrogen-bond acceptors (Lipinski definition) is 0.